The molecule has 2 N–H and O–H groups in total. The topological polar surface area (TPSA) is 80.2 Å². The van der Waals surface area contributed by atoms with Gasteiger partial charge in [-0.3, -0.25) is 9.10 Å². The molecule has 0 saturated carbocycles. The number of rotatable bonds is 7. The minimum Gasteiger partial charge on any atom is -0.370 e. The lowest BCUT2D eigenvalue weighted by Gasteiger charge is -2.24. The van der Waals surface area contributed by atoms with Crippen LogP contribution in [0.15, 0.2) is 18.2 Å². The standard InChI is InChI=1S/C15H21F2N3O4S/c1-25(22,23)20(12-2-3-13(16)14(17)10-12)11-15(21)18-4-5-19-6-8-24-9-7-19/h2-3,10H,4-9,11H2,1H3,(H,18,21)/p+1. The van der Waals surface area contributed by atoms with Crippen molar-refractivity contribution in [2.75, 3.05) is 56.5 Å². The molecule has 1 heterocycles. The third-order valence-corrected chi connectivity index (χ3v) is 5.02. The minimum absolute atomic E-state index is 0.102. The van der Waals surface area contributed by atoms with Crippen LogP contribution < -0.4 is 14.5 Å². The Morgan fingerprint density at radius 3 is 2.56 bits per heavy atom. The van der Waals surface area contributed by atoms with Crippen molar-refractivity contribution >= 4 is 21.6 Å². The summed E-state index contributed by atoms with van der Waals surface area (Å²) >= 11 is 0. The van der Waals surface area contributed by atoms with Gasteiger partial charge in [-0.15, -0.1) is 0 Å². The Kier molecular flexibility index (Phi) is 6.68. The second-order valence-corrected chi connectivity index (χ2v) is 7.74. The predicted octanol–water partition coefficient (Wildman–Crippen LogP) is -1.24. The van der Waals surface area contributed by atoms with Crippen LogP contribution in [0.3, 0.4) is 0 Å². The van der Waals surface area contributed by atoms with Crippen LogP contribution in [0.1, 0.15) is 0 Å². The van der Waals surface area contributed by atoms with Gasteiger partial charge in [-0.05, 0) is 12.1 Å². The van der Waals surface area contributed by atoms with Gasteiger partial charge in [0, 0.05) is 6.07 Å². The zero-order valence-electron chi connectivity index (χ0n) is 13.9. The SMILES string of the molecule is CS(=O)(=O)N(CC(=O)NCC[NH+]1CCOCC1)c1ccc(F)c(F)c1. The molecule has 10 heteroatoms. The molecule has 7 nitrogen and oxygen atoms in total. The molecular formula is C15H22F2N3O4S+. The van der Waals surface area contributed by atoms with E-state index in [1.165, 1.54) is 4.90 Å². The molecule has 25 heavy (non-hydrogen) atoms. The highest BCUT2D eigenvalue weighted by atomic mass is 32.2. The van der Waals surface area contributed by atoms with E-state index in [1.54, 1.807) is 0 Å². The Labute approximate surface area is 145 Å². The third-order valence-electron chi connectivity index (χ3n) is 3.88. The number of benzene rings is 1. The van der Waals surface area contributed by atoms with Crippen LogP contribution in [-0.4, -0.2) is 66.5 Å². The molecule has 0 unspecified atom stereocenters. The number of sulfonamides is 1. The predicted molar refractivity (Wildman–Crippen MR) is 87.9 cm³/mol. The smallest absolute Gasteiger partial charge is 0.240 e. The molecule has 0 bridgehead atoms. The summed E-state index contributed by atoms with van der Waals surface area (Å²) in [5.74, 6) is -2.78. The number of morpholine rings is 1. The molecule has 1 fully saturated rings. The summed E-state index contributed by atoms with van der Waals surface area (Å²) in [6, 6.07) is 2.69. The highest BCUT2D eigenvalue weighted by Gasteiger charge is 2.22. The van der Waals surface area contributed by atoms with Gasteiger partial charge < -0.3 is 15.0 Å². The molecule has 0 aromatic heterocycles. The zero-order chi connectivity index (χ0) is 18.4. The first-order valence-electron chi connectivity index (χ1n) is 7.88. The van der Waals surface area contributed by atoms with Gasteiger partial charge in [0.25, 0.3) is 0 Å². The van der Waals surface area contributed by atoms with Crippen molar-refractivity contribution in [1.29, 1.82) is 0 Å². The van der Waals surface area contributed by atoms with E-state index < -0.39 is 34.1 Å². The number of anilines is 1. The van der Waals surface area contributed by atoms with Crippen molar-refractivity contribution in [1.82, 2.24) is 5.32 Å². The Hall–Kier alpha value is -1.78. The Bertz CT molecular complexity index is 709. The summed E-state index contributed by atoms with van der Waals surface area (Å²) in [4.78, 5) is 13.3. The van der Waals surface area contributed by atoms with E-state index in [0.717, 1.165) is 41.8 Å². The van der Waals surface area contributed by atoms with Crippen molar-refractivity contribution in [3.8, 4) is 0 Å². The third kappa shape index (κ3) is 5.91. The van der Waals surface area contributed by atoms with Crippen LogP contribution in [0.5, 0.6) is 0 Å². The normalized spacial score (nSPS) is 15.8. The molecule has 140 valence electrons. The first-order valence-corrected chi connectivity index (χ1v) is 9.73. The average molecular weight is 378 g/mol. The van der Waals surface area contributed by atoms with Crippen molar-refractivity contribution in [3.63, 3.8) is 0 Å². The lowest BCUT2D eigenvalue weighted by Crippen LogP contribution is -3.14. The quantitative estimate of drug-likeness (QED) is 0.622. The Morgan fingerprint density at radius 2 is 1.96 bits per heavy atom. The lowest BCUT2D eigenvalue weighted by molar-refractivity contribution is -0.906. The molecule has 0 atom stereocenters. The van der Waals surface area contributed by atoms with E-state index in [0.29, 0.717) is 26.3 Å². The fraction of sp³-hybridized carbons (Fsp3) is 0.533. The van der Waals surface area contributed by atoms with Crippen molar-refractivity contribution < 1.29 is 31.6 Å². The van der Waals surface area contributed by atoms with Crippen LogP contribution in [0.25, 0.3) is 0 Å². The highest BCUT2D eigenvalue weighted by Crippen LogP contribution is 2.20. The average Bonchev–Trinajstić information content (AvgIpc) is 2.55. The summed E-state index contributed by atoms with van der Waals surface area (Å²) in [6.45, 7) is 3.69. The number of quaternary nitrogens is 1. The fourth-order valence-corrected chi connectivity index (χ4v) is 3.36. The molecule has 1 amide bonds. The first-order chi connectivity index (χ1) is 11.8. The lowest BCUT2D eigenvalue weighted by atomic mass is 10.3. The number of amides is 1. The molecule has 0 radical (unpaired) electrons. The number of carbonyl (C=O) groups is 1. The summed E-state index contributed by atoms with van der Waals surface area (Å²) in [5, 5.41) is 2.65. The van der Waals surface area contributed by atoms with Gasteiger partial charge >= 0.3 is 0 Å². The number of carbonyl (C=O) groups excluding carboxylic acids is 1. The molecule has 1 aromatic carbocycles. The number of hydrogen-bond acceptors (Lipinski definition) is 4. The van der Waals surface area contributed by atoms with Gasteiger partial charge in [-0.25, -0.2) is 17.2 Å². The summed E-state index contributed by atoms with van der Waals surface area (Å²) in [6.07, 6.45) is 0.902. The van der Waals surface area contributed by atoms with E-state index in [1.807, 2.05) is 0 Å². The van der Waals surface area contributed by atoms with Gasteiger partial charge in [-0.2, -0.15) is 0 Å². The maximum atomic E-state index is 13.4. The first kappa shape index (κ1) is 19.5. The number of nitrogens with zero attached hydrogens (tertiary/aromatic N) is 1. The Morgan fingerprint density at radius 1 is 1.28 bits per heavy atom. The number of halogens is 2. The van der Waals surface area contributed by atoms with E-state index in [-0.39, 0.29) is 5.69 Å². The van der Waals surface area contributed by atoms with Gasteiger partial charge in [0.1, 0.15) is 19.6 Å². The van der Waals surface area contributed by atoms with Gasteiger partial charge in [0.15, 0.2) is 11.6 Å². The molecular weight excluding hydrogens is 356 g/mol. The van der Waals surface area contributed by atoms with Gasteiger partial charge in [-0.1, -0.05) is 0 Å². The Balaban J connectivity index is 1.94. The van der Waals surface area contributed by atoms with E-state index in [9.17, 15) is 22.0 Å². The molecule has 1 aromatic rings. The monoisotopic (exact) mass is 378 g/mol. The highest BCUT2D eigenvalue weighted by molar-refractivity contribution is 7.92. The molecule has 0 aliphatic carbocycles. The second kappa shape index (κ2) is 8.54. The van der Waals surface area contributed by atoms with Crippen LogP contribution in [0, 0.1) is 11.6 Å². The van der Waals surface area contributed by atoms with E-state index in [2.05, 4.69) is 5.32 Å². The summed E-state index contributed by atoms with van der Waals surface area (Å²) in [5.41, 5.74) is -0.102. The molecule has 1 aliphatic heterocycles. The number of ether oxygens (including phenoxy) is 1. The van der Waals surface area contributed by atoms with Crippen LogP contribution >= 0.6 is 0 Å². The second-order valence-electron chi connectivity index (χ2n) is 5.83. The molecule has 1 aliphatic rings. The van der Waals surface area contributed by atoms with Crippen LogP contribution in [0.4, 0.5) is 14.5 Å². The molecule has 0 spiro atoms. The fourth-order valence-electron chi connectivity index (χ4n) is 2.52. The molecule has 1 saturated heterocycles. The summed E-state index contributed by atoms with van der Waals surface area (Å²) in [7, 11) is -3.83. The maximum Gasteiger partial charge on any atom is 0.240 e. The van der Waals surface area contributed by atoms with Gasteiger partial charge in [0.05, 0.1) is 38.2 Å². The number of nitrogens with one attached hydrogen (secondary N) is 2. The number of hydrogen-bond donors (Lipinski definition) is 2. The van der Waals surface area contributed by atoms with Crippen molar-refractivity contribution in [2.45, 2.75) is 0 Å². The van der Waals surface area contributed by atoms with Gasteiger partial charge in [0.2, 0.25) is 15.9 Å². The van der Waals surface area contributed by atoms with Crippen molar-refractivity contribution in [3.05, 3.63) is 29.8 Å². The van der Waals surface area contributed by atoms with Crippen LogP contribution in [0.2, 0.25) is 0 Å². The largest absolute Gasteiger partial charge is 0.370 e. The minimum atomic E-state index is -3.83. The zero-order valence-corrected chi connectivity index (χ0v) is 14.7. The van der Waals surface area contributed by atoms with E-state index in [4.69, 9.17) is 4.74 Å². The maximum absolute atomic E-state index is 13.4. The van der Waals surface area contributed by atoms with Crippen LogP contribution in [-0.2, 0) is 19.6 Å². The summed E-state index contributed by atoms with van der Waals surface area (Å²) < 4.78 is 56.2. The van der Waals surface area contributed by atoms with E-state index >= 15 is 0 Å². The molecule has 2 rings (SSSR count). The van der Waals surface area contributed by atoms with Crippen molar-refractivity contribution in [2.24, 2.45) is 0 Å².